The van der Waals surface area contributed by atoms with Gasteiger partial charge in [0.25, 0.3) is 0 Å². The summed E-state index contributed by atoms with van der Waals surface area (Å²) in [5.41, 5.74) is 1.77. The summed E-state index contributed by atoms with van der Waals surface area (Å²) in [6.07, 6.45) is 5.59. The van der Waals surface area contributed by atoms with Crippen LogP contribution in [0.25, 0.3) is 0 Å². The standard InChI is InChI=1S/C16H18F2N2/c1-10-8-13(17)19-15(18)14(10)12-9-11(16(2,3)4)6-7-20(12)5/h6-9H,5H2,1-4H3. The molecule has 0 bridgehead atoms. The van der Waals surface area contributed by atoms with Crippen molar-refractivity contribution in [2.45, 2.75) is 27.7 Å². The normalized spacial score (nSPS) is 15.6. The first kappa shape index (κ1) is 14.4. The Labute approximate surface area is 118 Å². The molecule has 0 aliphatic carbocycles. The highest BCUT2D eigenvalue weighted by Crippen LogP contribution is 2.34. The number of allylic oxidation sites excluding steroid dienone is 2. The molecule has 1 aliphatic rings. The van der Waals surface area contributed by atoms with E-state index in [9.17, 15) is 8.78 Å². The molecule has 2 nitrogen and oxygen atoms in total. The summed E-state index contributed by atoms with van der Waals surface area (Å²) in [4.78, 5) is 3.27. The molecule has 20 heavy (non-hydrogen) atoms. The van der Waals surface area contributed by atoms with Gasteiger partial charge in [0.05, 0.1) is 6.72 Å². The third kappa shape index (κ3) is 2.64. The predicted molar refractivity (Wildman–Crippen MR) is 75.3 cm³/mol. The Balaban J connectivity index is 2.55. The molecule has 1 aromatic rings. The van der Waals surface area contributed by atoms with Crippen LogP contribution in [0, 0.1) is 30.3 Å². The molecule has 2 rings (SSSR count). The molecule has 0 radical (unpaired) electrons. The van der Waals surface area contributed by atoms with E-state index in [2.05, 4.69) is 32.5 Å². The van der Waals surface area contributed by atoms with Gasteiger partial charge < -0.3 is 0 Å². The Bertz CT molecular complexity index is 599. The average Bonchev–Trinajstić information content (AvgIpc) is 2.28. The van der Waals surface area contributed by atoms with Crippen LogP contribution in [-0.4, -0.2) is 16.3 Å². The number of halogens is 2. The fourth-order valence-electron chi connectivity index (χ4n) is 2.11. The Morgan fingerprint density at radius 1 is 1.30 bits per heavy atom. The van der Waals surface area contributed by atoms with E-state index in [1.165, 1.54) is 6.07 Å². The van der Waals surface area contributed by atoms with Crippen LogP contribution in [0.15, 0.2) is 30.0 Å². The van der Waals surface area contributed by atoms with E-state index >= 15 is 0 Å². The topological polar surface area (TPSA) is 15.9 Å². The second-order valence-corrected chi connectivity index (χ2v) is 5.95. The van der Waals surface area contributed by atoms with Gasteiger partial charge in [-0.3, -0.25) is 4.58 Å². The van der Waals surface area contributed by atoms with Crippen LogP contribution < -0.4 is 0 Å². The first-order chi connectivity index (χ1) is 9.20. The van der Waals surface area contributed by atoms with Gasteiger partial charge in [0.1, 0.15) is 6.20 Å². The number of hydrogen-bond donors (Lipinski definition) is 0. The van der Waals surface area contributed by atoms with Crippen LogP contribution >= 0.6 is 0 Å². The minimum absolute atomic E-state index is 0.0686. The molecular weight excluding hydrogens is 258 g/mol. The molecule has 0 saturated heterocycles. The largest absolute Gasteiger partial charge is 0.255 e. The Morgan fingerprint density at radius 3 is 2.50 bits per heavy atom. The van der Waals surface area contributed by atoms with Gasteiger partial charge in [-0.25, -0.2) is 9.37 Å². The maximum absolute atomic E-state index is 14.0. The number of hydrogen-bond acceptors (Lipinski definition) is 1. The molecule has 0 aromatic carbocycles. The highest BCUT2D eigenvalue weighted by atomic mass is 19.1. The monoisotopic (exact) mass is 276 g/mol. The molecule has 0 N–H and O–H groups in total. The highest BCUT2D eigenvalue weighted by molar-refractivity contribution is 5.45. The fourth-order valence-corrected chi connectivity index (χ4v) is 2.11. The van der Waals surface area contributed by atoms with Crippen LogP contribution in [-0.2, 0) is 0 Å². The molecule has 0 unspecified atom stereocenters. The van der Waals surface area contributed by atoms with E-state index in [1.54, 1.807) is 17.7 Å². The minimum atomic E-state index is -0.814. The molecule has 0 atom stereocenters. The molecule has 2 heterocycles. The lowest BCUT2D eigenvalue weighted by Gasteiger charge is -2.28. The molecule has 106 valence electrons. The second kappa shape index (κ2) is 4.85. The van der Waals surface area contributed by atoms with E-state index in [4.69, 9.17) is 0 Å². The summed E-state index contributed by atoms with van der Waals surface area (Å²) in [5.74, 6) is -1.63. The smallest absolute Gasteiger partial charge is 0.203 e. The van der Waals surface area contributed by atoms with Gasteiger partial charge in [-0.1, -0.05) is 44.9 Å². The zero-order valence-electron chi connectivity index (χ0n) is 12.2. The lowest BCUT2D eigenvalue weighted by Crippen LogP contribution is -2.21. The van der Waals surface area contributed by atoms with E-state index < -0.39 is 11.9 Å². The van der Waals surface area contributed by atoms with Crippen LogP contribution in [0.1, 0.15) is 31.9 Å². The van der Waals surface area contributed by atoms with E-state index in [0.717, 1.165) is 5.57 Å². The minimum Gasteiger partial charge on any atom is -0.255 e. The van der Waals surface area contributed by atoms with Crippen molar-refractivity contribution in [3.05, 3.63) is 59.1 Å². The van der Waals surface area contributed by atoms with Crippen LogP contribution in [0.5, 0.6) is 0 Å². The molecule has 0 saturated carbocycles. The van der Waals surface area contributed by atoms with Crippen LogP contribution in [0.2, 0.25) is 0 Å². The second-order valence-electron chi connectivity index (χ2n) is 5.95. The average molecular weight is 276 g/mol. The highest BCUT2D eigenvalue weighted by Gasteiger charge is 2.26. The van der Waals surface area contributed by atoms with Crippen molar-refractivity contribution in [3.63, 3.8) is 0 Å². The Hall–Kier alpha value is -1.97. The maximum atomic E-state index is 14.0. The van der Waals surface area contributed by atoms with Crippen molar-refractivity contribution >= 4 is 6.72 Å². The molecule has 1 aromatic heterocycles. The predicted octanol–water partition coefficient (Wildman–Crippen LogP) is 3.76. The van der Waals surface area contributed by atoms with Crippen LogP contribution in [0.4, 0.5) is 8.78 Å². The van der Waals surface area contributed by atoms with Gasteiger partial charge in [-0.2, -0.15) is 4.39 Å². The van der Waals surface area contributed by atoms with Crippen molar-refractivity contribution in [2.75, 3.05) is 0 Å². The molecule has 0 spiro atoms. The number of rotatable bonds is 1. The van der Waals surface area contributed by atoms with Gasteiger partial charge in [0.15, 0.2) is 12.0 Å². The van der Waals surface area contributed by atoms with Crippen molar-refractivity contribution in [3.8, 4) is 0 Å². The summed E-state index contributed by atoms with van der Waals surface area (Å²) >= 11 is 0. The summed E-state index contributed by atoms with van der Waals surface area (Å²) in [7, 11) is 0. The number of pyridine rings is 1. The summed E-state index contributed by atoms with van der Waals surface area (Å²) in [6, 6.07) is 1.81. The van der Waals surface area contributed by atoms with Gasteiger partial charge >= 0.3 is 0 Å². The molecule has 0 fully saturated rings. The van der Waals surface area contributed by atoms with Gasteiger partial charge in [-0.05, 0) is 17.6 Å². The Kier molecular flexibility index (Phi) is 3.50. The zero-order chi connectivity index (χ0) is 15.1. The number of aryl methyl sites for hydroxylation is 1. The summed E-state index contributed by atoms with van der Waals surface area (Å²) < 4.78 is 28.7. The van der Waals surface area contributed by atoms with Crippen molar-refractivity contribution in [1.82, 2.24) is 4.98 Å². The summed E-state index contributed by atoms with van der Waals surface area (Å²) in [6.45, 7) is 11.7. The summed E-state index contributed by atoms with van der Waals surface area (Å²) in [5, 5.41) is 0. The molecule has 1 aliphatic heterocycles. The van der Waals surface area contributed by atoms with E-state index in [-0.39, 0.29) is 11.0 Å². The lowest BCUT2D eigenvalue weighted by atomic mass is 9.83. The van der Waals surface area contributed by atoms with E-state index in [1.807, 2.05) is 12.2 Å². The van der Waals surface area contributed by atoms with Gasteiger partial charge in [0, 0.05) is 5.56 Å². The molecular formula is C16H18F2N2. The first-order valence-corrected chi connectivity index (χ1v) is 6.40. The fraction of sp³-hybridized carbons (Fsp3) is 0.312. The number of aromatic nitrogens is 1. The molecule has 0 amide bonds. The molecule has 4 heteroatoms. The Morgan fingerprint density at radius 2 is 1.95 bits per heavy atom. The van der Waals surface area contributed by atoms with Crippen molar-refractivity contribution in [2.24, 2.45) is 5.41 Å². The lowest BCUT2D eigenvalue weighted by molar-refractivity contribution is -0.418. The number of nitrogens with zero attached hydrogens (tertiary/aromatic N) is 2. The van der Waals surface area contributed by atoms with Crippen LogP contribution in [0.3, 0.4) is 0 Å². The van der Waals surface area contributed by atoms with Crippen molar-refractivity contribution in [1.29, 1.82) is 0 Å². The zero-order valence-corrected chi connectivity index (χ0v) is 12.2. The quantitative estimate of drug-likeness (QED) is 0.433. The van der Waals surface area contributed by atoms with Gasteiger partial charge in [-0.15, -0.1) is 0 Å². The van der Waals surface area contributed by atoms with Gasteiger partial charge in [0.2, 0.25) is 5.95 Å². The third-order valence-corrected chi connectivity index (χ3v) is 3.30. The SMILES string of the molecule is C=[N+]1C=CC(C(C)(C)C)=C[C-]1c1c(C)cc(F)nc1F. The van der Waals surface area contributed by atoms with Crippen molar-refractivity contribution < 1.29 is 13.4 Å². The first-order valence-electron chi connectivity index (χ1n) is 6.40. The van der Waals surface area contributed by atoms with E-state index in [0.29, 0.717) is 11.6 Å². The third-order valence-electron chi connectivity index (χ3n) is 3.30. The maximum Gasteiger partial charge on any atom is 0.203 e.